The van der Waals surface area contributed by atoms with Gasteiger partial charge in [-0.3, -0.25) is 0 Å². The van der Waals surface area contributed by atoms with Gasteiger partial charge in [-0.15, -0.1) is 0 Å². The standard InChI is InChI=1S/C17H18Cl2N2/c1-17(2)11-21(16-9-4-3-8-15(16)20-17)10-12-13(18)6-5-7-14(12)19/h3-9,20H,10-11H2,1-2H3. The molecule has 0 saturated carbocycles. The highest BCUT2D eigenvalue weighted by Gasteiger charge is 2.29. The van der Waals surface area contributed by atoms with Gasteiger partial charge in [-0.2, -0.15) is 0 Å². The molecule has 1 aliphatic rings. The Bertz CT molecular complexity index is 647. The summed E-state index contributed by atoms with van der Waals surface area (Å²) in [7, 11) is 0. The zero-order valence-corrected chi connectivity index (χ0v) is 13.7. The van der Waals surface area contributed by atoms with Crippen LogP contribution in [0.2, 0.25) is 10.0 Å². The van der Waals surface area contributed by atoms with Crippen LogP contribution >= 0.6 is 23.2 Å². The molecule has 0 unspecified atom stereocenters. The Hall–Kier alpha value is -1.38. The number of hydrogen-bond donors (Lipinski definition) is 1. The third kappa shape index (κ3) is 2.97. The van der Waals surface area contributed by atoms with Gasteiger partial charge in [-0.1, -0.05) is 41.4 Å². The second kappa shape index (κ2) is 5.43. The van der Waals surface area contributed by atoms with Crippen LogP contribution in [0.15, 0.2) is 42.5 Å². The van der Waals surface area contributed by atoms with Crippen LogP contribution in [0.25, 0.3) is 0 Å². The number of hydrogen-bond acceptors (Lipinski definition) is 2. The summed E-state index contributed by atoms with van der Waals surface area (Å²) in [4.78, 5) is 2.33. The SMILES string of the molecule is CC1(C)CN(Cc2c(Cl)cccc2Cl)c2ccccc2N1. The van der Waals surface area contributed by atoms with Crippen LogP contribution in [0, 0.1) is 0 Å². The van der Waals surface area contributed by atoms with Gasteiger partial charge in [0.15, 0.2) is 0 Å². The number of nitrogens with zero attached hydrogens (tertiary/aromatic N) is 1. The molecule has 0 aromatic heterocycles. The highest BCUT2D eigenvalue weighted by atomic mass is 35.5. The third-order valence-electron chi connectivity index (χ3n) is 3.71. The number of nitrogens with one attached hydrogen (secondary N) is 1. The highest BCUT2D eigenvalue weighted by Crippen LogP contribution is 2.36. The van der Waals surface area contributed by atoms with Gasteiger partial charge >= 0.3 is 0 Å². The molecule has 1 aliphatic heterocycles. The van der Waals surface area contributed by atoms with E-state index < -0.39 is 0 Å². The predicted molar refractivity (Wildman–Crippen MR) is 91.7 cm³/mol. The van der Waals surface area contributed by atoms with Crippen molar-refractivity contribution in [2.75, 3.05) is 16.8 Å². The van der Waals surface area contributed by atoms with Gasteiger partial charge in [0, 0.05) is 34.2 Å². The minimum absolute atomic E-state index is 0.00207. The molecule has 4 heteroatoms. The second-order valence-electron chi connectivity index (χ2n) is 6.08. The average Bonchev–Trinajstić information content (AvgIpc) is 2.41. The lowest BCUT2D eigenvalue weighted by Gasteiger charge is -2.42. The first-order valence-electron chi connectivity index (χ1n) is 7.01. The van der Waals surface area contributed by atoms with E-state index >= 15 is 0 Å². The van der Waals surface area contributed by atoms with E-state index in [2.05, 4.69) is 42.3 Å². The van der Waals surface area contributed by atoms with Crippen molar-refractivity contribution >= 4 is 34.6 Å². The first-order valence-corrected chi connectivity index (χ1v) is 7.77. The van der Waals surface area contributed by atoms with E-state index in [1.165, 1.54) is 5.69 Å². The maximum atomic E-state index is 6.32. The molecule has 0 atom stereocenters. The quantitative estimate of drug-likeness (QED) is 0.817. The molecule has 2 nitrogen and oxygen atoms in total. The van der Waals surface area contributed by atoms with E-state index in [4.69, 9.17) is 23.2 Å². The number of fused-ring (bicyclic) bond motifs is 1. The van der Waals surface area contributed by atoms with Crippen molar-refractivity contribution in [1.82, 2.24) is 0 Å². The molecule has 1 heterocycles. The lowest BCUT2D eigenvalue weighted by molar-refractivity contribution is 0.530. The van der Waals surface area contributed by atoms with Crippen LogP contribution < -0.4 is 10.2 Å². The normalized spacial score (nSPS) is 16.3. The van der Waals surface area contributed by atoms with E-state index in [9.17, 15) is 0 Å². The molecular weight excluding hydrogens is 303 g/mol. The minimum atomic E-state index is 0.00207. The molecule has 0 radical (unpaired) electrons. The van der Waals surface area contributed by atoms with Crippen LogP contribution in [0.1, 0.15) is 19.4 Å². The fourth-order valence-electron chi connectivity index (χ4n) is 2.84. The fourth-order valence-corrected chi connectivity index (χ4v) is 3.35. The molecule has 0 saturated heterocycles. The van der Waals surface area contributed by atoms with Gasteiger partial charge in [0.1, 0.15) is 0 Å². The molecule has 0 aliphatic carbocycles. The maximum absolute atomic E-state index is 6.32. The summed E-state index contributed by atoms with van der Waals surface area (Å²) in [5.41, 5.74) is 3.32. The summed E-state index contributed by atoms with van der Waals surface area (Å²) in [6.07, 6.45) is 0. The molecule has 0 bridgehead atoms. The van der Waals surface area contributed by atoms with Crippen molar-refractivity contribution in [2.45, 2.75) is 25.9 Å². The van der Waals surface area contributed by atoms with Crippen LogP contribution in [0.5, 0.6) is 0 Å². The van der Waals surface area contributed by atoms with Gasteiger partial charge in [0.2, 0.25) is 0 Å². The van der Waals surface area contributed by atoms with Crippen molar-refractivity contribution in [3.63, 3.8) is 0 Å². The van der Waals surface area contributed by atoms with Gasteiger partial charge in [-0.25, -0.2) is 0 Å². The first-order chi connectivity index (χ1) is 9.96. The summed E-state index contributed by atoms with van der Waals surface area (Å²) < 4.78 is 0. The van der Waals surface area contributed by atoms with Crippen LogP contribution in [-0.2, 0) is 6.54 Å². The second-order valence-corrected chi connectivity index (χ2v) is 6.90. The van der Waals surface area contributed by atoms with Gasteiger partial charge in [-0.05, 0) is 38.1 Å². The zero-order valence-electron chi connectivity index (χ0n) is 12.2. The third-order valence-corrected chi connectivity index (χ3v) is 4.42. The van der Waals surface area contributed by atoms with E-state index in [-0.39, 0.29) is 5.54 Å². The summed E-state index contributed by atoms with van der Waals surface area (Å²) in [5, 5.41) is 5.01. The minimum Gasteiger partial charge on any atom is -0.377 e. The summed E-state index contributed by atoms with van der Waals surface area (Å²) in [5.74, 6) is 0. The Morgan fingerprint density at radius 1 is 1.05 bits per heavy atom. The Labute approximate surface area is 135 Å². The highest BCUT2D eigenvalue weighted by molar-refractivity contribution is 6.36. The number of rotatable bonds is 2. The van der Waals surface area contributed by atoms with Crippen molar-refractivity contribution in [3.8, 4) is 0 Å². The van der Waals surface area contributed by atoms with Gasteiger partial charge in [0.25, 0.3) is 0 Å². The average molecular weight is 321 g/mol. The molecule has 21 heavy (non-hydrogen) atoms. The molecule has 2 aromatic rings. The fraction of sp³-hybridized carbons (Fsp3) is 0.294. The summed E-state index contributed by atoms with van der Waals surface area (Å²) in [6.45, 7) is 6.00. The smallest absolute Gasteiger partial charge is 0.0606 e. The van der Waals surface area contributed by atoms with Gasteiger partial charge in [0.05, 0.1) is 11.4 Å². The Kier molecular flexibility index (Phi) is 3.76. The summed E-state index contributed by atoms with van der Waals surface area (Å²) in [6, 6.07) is 14.0. The number of para-hydroxylation sites is 2. The predicted octanol–water partition coefficient (Wildman–Crippen LogP) is 5.20. The number of benzene rings is 2. The van der Waals surface area contributed by atoms with Crippen molar-refractivity contribution in [1.29, 1.82) is 0 Å². The van der Waals surface area contributed by atoms with E-state index in [1.807, 2.05) is 24.3 Å². The van der Waals surface area contributed by atoms with Crippen LogP contribution in [0.3, 0.4) is 0 Å². The molecule has 3 rings (SSSR count). The van der Waals surface area contributed by atoms with Crippen LogP contribution in [-0.4, -0.2) is 12.1 Å². The monoisotopic (exact) mass is 320 g/mol. The number of anilines is 2. The Morgan fingerprint density at radius 2 is 1.71 bits per heavy atom. The molecule has 110 valence electrons. The molecule has 0 spiro atoms. The first kappa shape index (κ1) is 14.6. The molecular formula is C17H18Cl2N2. The van der Waals surface area contributed by atoms with Crippen LogP contribution in [0.4, 0.5) is 11.4 Å². The molecule has 0 amide bonds. The molecule has 1 N–H and O–H groups in total. The van der Waals surface area contributed by atoms with Gasteiger partial charge < -0.3 is 10.2 Å². The van der Waals surface area contributed by atoms with Crippen molar-refractivity contribution < 1.29 is 0 Å². The van der Waals surface area contributed by atoms with Crippen molar-refractivity contribution in [3.05, 3.63) is 58.1 Å². The number of halogens is 2. The van der Waals surface area contributed by atoms with E-state index in [0.29, 0.717) is 6.54 Å². The zero-order chi connectivity index (χ0) is 15.0. The summed E-state index contributed by atoms with van der Waals surface area (Å²) >= 11 is 12.6. The van der Waals surface area contributed by atoms with E-state index in [0.717, 1.165) is 27.8 Å². The van der Waals surface area contributed by atoms with E-state index in [1.54, 1.807) is 0 Å². The lowest BCUT2D eigenvalue weighted by Crippen LogP contribution is -2.48. The topological polar surface area (TPSA) is 15.3 Å². The molecule has 0 fully saturated rings. The Balaban J connectivity index is 1.99. The maximum Gasteiger partial charge on any atom is 0.0606 e. The molecule has 2 aromatic carbocycles. The largest absolute Gasteiger partial charge is 0.377 e. The lowest BCUT2D eigenvalue weighted by atomic mass is 9.98. The Morgan fingerprint density at radius 3 is 2.43 bits per heavy atom. The van der Waals surface area contributed by atoms with Crippen molar-refractivity contribution in [2.24, 2.45) is 0 Å².